The molecule has 0 heterocycles. The molecule has 2 amide bonds. The van der Waals surface area contributed by atoms with Crippen molar-refractivity contribution in [1.29, 1.82) is 0 Å². The Labute approximate surface area is 200 Å². The first-order valence-corrected chi connectivity index (χ1v) is 11.8. The zero-order chi connectivity index (χ0) is 24.5. The van der Waals surface area contributed by atoms with Gasteiger partial charge in [-0.25, -0.2) is 4.79 Å². The van der Waals surface area contributed by atoms with Crippen molar-refractivity contribution in [2.45, 2.75) is 38.6 Å². The summed E-state index contributed by atoms with van der Waals surface area (Å²) < 4.78 is 5.46. The van der Waals surface area contributed by atoms with Crippen LogP contribution in [0.2, 0.25) is 0 Å². The third kappa shape index (κ3) is 6.35. The van der Waals surface area contributed by atoms with Gasteiger partial charge in [0.1, 0.15) is 12.6 Å². The van der Waals surface area contributed by atoms with E-state index in [4.69, 9.17) is 4.74 Å². The van der Waals surface area contributed by atoms with Crippen LogP contribution in [-0.2, 0) is 14.3 Å². The van der Waals surface area contributed by atoms with E-state index < -0.39 is 30.4 Å². The molecule has 0 aromatic heterocycles. The molecule has 2 aromatic carbocycles. The van der Waals surface area contributed by atoms with Crippen LogP contribution in [0.15, 0.2) is 48.5 Å². The van der Waals surface area contributed by atoms with E-state index in [1.165, 1.54) is 0 Å². The minimum Gasteiger partial charge on any atom is -0.481 e. The molecule has 0 fully saturated rings. The van der Waals surface area contributed by atoms with Crippen LogP contribution in [0.3, 0.4) is 0 Å². The molecule has 3 rings (SSSR count). The number of ether oxygens (including phenoxy) is 1. The Bertz CT molecular complexity index is 964. The van der Waals surface area contributed by atoms with Crippen molar-refractivity contribution in [2.24, 2.45) is 0 Å². The first-order chi connectivity index (χ1) is 16.4. The van der Waals surface area contributed by atoms with Gasteiger partial charge in [0.15, 0.2) is 0 Å². The van der Waals surface area contributed by atoms with E-state index in [1.54, 1.807) is 0 Å². The zero-order valence-electron chi connectivity index (χ0n) is 19.8. The van der Waals surface area contributed by atoms with Crippen LogP contribution in [0.25, 0.3) is 11.1 Å². The number of amides is 2. The molecule has 0 spiro atoms. The van der Waals surface area contributed by atoms with Crippen LogP contribution in [0.5, 0.6) is 0 Å². The maximum Gasteiger partial charge on any atom is 0.407 e. The lowest BCUT2D eigenvalue weighted by Gasteiger charge is -2.21. The van der Waals surface area contributed by atoms with E-state index in [0.29, 0.717) is 13.1 Å². The number of rotatable bonds is 12. The monoisotopic (exact) mass is 467 g/mol. The molecule has 2 aromatic rings. The zero-order valence-corrected chi connectivity index (χ0v) is 19.8. The Hall–Kier alpha value is -3.39. The largest absolute Gasteiger partial charge is 0.481 e. The molecule has 0 saturated carbocycles. The van der Waals surface area contributed by atoms with Crippen molar-refractivity contribution >= 4 is 18.0 Å². The molecule has 1 aliphatic rings. The summed E-state index contributed by atoms with van der Waals surface area (Å²) in [4.78, 5) is 38.5. The van der Waals surface area contributed by atoms with Gasteiger partial charge in [0.05, 0.1) is 6.42 Å². The number of nitrogens with zero attached hydrogens (tertiary/aromatic N) is 1. The summed E-state index contributed by atoms with van der Waals surface area (Å²) in [6, 6.07) is 14.7. The van der Waals surface area contributed by atoms with Gasteiger partial charge < -0.3 is 25.4 Å². The van der Waals surface area contributed by atoms with Crippen LogP contribution in [-0.4, -0.2) is 66.8 Å². The lowest BCUT2D eigenvalue weighted by molar-refractivity contribution is -0.139. The molecule has 1 aliphatic carbocycles. The molecule has 3 N–H and O–H groups in total. The first-order valence-electron chi connectivity index (χ1n) is 11.8. The maximum absolute atomic E-state index is 12.6. The van der Waals surface area contributed by atoms with Gasteiger partial charge in [0.2, 0.25) is 5.91 Å². The Balaban J connectivity index is 1.58. The molecule has 0 saturated heterocycles. The van der Waals surface area contributed by atoms with Crippen molar-refractivity contribution in [3.63, 3.8) is 0 Å². The summed E-state index contributed by atoms with van der Waals surface area (Å²) in [6.45, 7) is 7.02. The number of aliphatic carboxylic acids is 1. The Morgan fingerprint density at radius 2 is 1.62 bits per heavy atom. The minimum absolute atomic E-state index is 0.0871. The fourth-order valence-corrected chi connectivity index (χ4v) is 4.37. The molecule has 8 nitrogen and oxygen atoms in total. The van der Waals surface area contributed by atoms with Crippen LogP contribution in [0.1, 0.15) is 43.7 Å². The highest BCUT2D eigenvalue weighted by Gasteiger charge is 2.30. The van der Waals surface area contributed by atoms with E-state index in [2.05, 4.69) is 22.5 Å². The Morgan fingerprint density at radius 1 is 1.00 bits per heavy atom. The third-order valence-electron chi connectivity index (χ3n) is 6.05. The molecule has 1 atom stereocenters. The lowest BCUT2D eigenvalue weighted by atomic mass is 9.98. The molecular weight excluding hydrogens is 434 g/mol. The summed E-state index contributed by atoms with van der Waals surface area (Å²) in [6.07, 6.45) is -0.334. The minimum atomic E-state index is -1.21. The number of carbonyl (C=O) groups excluding carboxylic acids is 2. The number of carbonyl (C=O) groups is 3. The number of carboxylic acid groups (broad SMARTS) is 1. The van der Waals surface area contributed by atoms with E-state index in [-0.39, 0.29) is 12.5 Å². The number of benzene rings is 2. The third-order valence-corrected chi connectivity index (χ3v) is 6.05. The van der Waals surface area contributed by atoms with Crippen molar-refractivity contribution in [1.82, 2.24) is 15.5 Å². The van der Waals surface area contributed by atoms with Crippen molar-refractivity contribution in [3.8, 4) is 11.1 Å². The van der Waals surface area contributed by atoms with Crippen LogP contribution < -0.4 is 10.6 Å². The summed E-state index contributed by atoms with van der Waals surface area (Å²) in [5, 5.41) is 14.4. The number of nitrogens with one attached hydrogen (secondary N) is 2. The molecule has 34 heavy (non-hydrogen) atoms. The number of hydrogen-bond acceptors (Lipinski definition) is 5. The fourth-order valence-electron chi connectivity index (χ4n) is 4.37. The highest BCUT2D eigenvalue weighted by Crippen LogP contribution is 2.44. The van der Waals surface area contributed by atoms with Crippen molar-refractivity contribution in [3.05, 3.63) is 59.7 Å². The second-order valence-corrected chi connectivity index (χ2v) is 8.35. The van der Waals surface area contributed by atoms with Gasteiger partial charge in [-0.05, 0) is 41.8 Å². The van der Waals surface area contributed by atoms with Crippen LogP contribution in [0.4, 0.5) is 4.79 Å². The normalized spacial score (nSPS) is 13.1. The van der Waals surface area contributed by atoms with Crippen molar-refractivity contribution < 1.29 is 24.2 Å². The van der Waals surface area contributed by atoms with Gasteiger partial charge in [0, 0.05) is 19.0 Å². The van der Waals surface area contributed by atoms with E-state index in [9.17, 15) is 19.5 Å². The average molecular weight is 468 g/mol. The summed E-state index contributed by atoms with van der Waals surface area (Å²) in [7, 11) is 0. The molecule has 1 unspecified atom stereocenters. The first kappa shape index (κ1) is 25.2. The van der Waals surface area contributed by atoms with Crippen LogP contribution >= 0.6 is 0 Å². The summed E-state index contributed by atoms with van der Waals surface area (Å²) in [5.41, 5.74) is 4.37. The molecule has 0 radical (unpaired) electrons. The maximum atomic E-state index is 12.6. The summed E-state index contributed by atoms with van der Waals surface area (Å²) in [5.74, 6) is -1.84. The predicted molar refractivity (Wildman–Crippen MR) is 130 cm³/mol. The highest BCUT2D eigenvalue weighted by molar-refractivity contribution is 5.89. The SMILES string of the molecule is CCCN(CC)CCNC(=O)C(CC(=O)O)NC(=O)OCC1c2ccccc2-c2ccccc21. The Morgan fingerprint density at radius 3 is 2.18 bits per heavy atom. The number of likely N-dealkylation sites (N-methyl/N-ethyl adjacent to an activating group) is 1. The predicted octanol–water partition coefficient (Wildman–Crippen LogP) is 3.22. The number of fused-ring (bicyclic) bond motifs is 3. The quantitative estimate of drug-likeness (QED) is 0.442. The smallest absolute Gasteiger partial charge is 0.407 e. The van der Waals surface area contributed by atoms with Gasteiger partial charge >= 0.3 is 12.1 Å². The average Bonchev–Trinajstić information content (AvgIpc) is 3.15. The standard InChI is InChI=1S/C26H33N3O5/c1-3-14-29(4-2)15-13-27-25(32)23(16-24(30)31)28-26(33)34-17-22-20-11-7-5-9-18(20)19-10-6-8-12-21(19)22/h5-12,22-23H,3-4,13-17H2,1-2H3,(H,27,32)(H,28,33)(H,30,31). The second kappa shape index (κ2) is 12.2. The molecule has 8 heteroatoms. The van der Waals surface area contributed by atoms with Crippen molar-refractivity contribution in [2.75, 3.05) is 32.8 Å². The van der Waals surface area contributed by atoms with E-state index in [1.807, 2.05) is 55.5 Å². The lowest BCUT2D eigenvalue weighted by Crippen LogP contribution is -2.49. The van der Waals surface area contributed by atoms with Gasteiger partial charge in [-0.3, -0.25) is 9.59 Å². The number of hydrogen-bond donors (Lipinski definition) is 3. The van der Waals surface area contributed by atoms with Gasteiger partial charge in [-0.15, -0.1) is 0 Å². The second-order valence-electron chi connectivity index (χ2n) is 8.35. The molecule has 0 bridgehead atoms. The molecule has 182 valence electrons. The molecular formula is C26H33N3O5. The summed E-state index contributed by atoms with van der Waals surface area (Å²) >= 11 is 0. The molecule has 0 aliphatic heterocycles. The van der Waals surface area contributed by atoms with Crippen LogP contribution in [0, 0.1) is 0 Å². The number of alkyl carbamates (subject to hydrolysis) is 1. The highest BCUT2D eigenvalue weighted by atomic mass is 16.5. The Kier molecular flexibility index (Phi) is 9.04. The number of carboxylic acids is 1. The van der Waals surface area contributed by atoms with E-state index >= 15 is 0 Å². The topological polar surface area (TPSA) is 108 Å². The van der Waals surface area contributed by atoms with Gasteiger partial charge in [-0.1, -0.05) is 62.4 Å². The van der Waals surface area contributed by atoms with Gasteiger partial charge in [-0.2, -0.15) is 0 Å². The van der Waals surface area contributed by atoms with E-state index in [0.717, 1.165) is 41.8 Å². The fraction of sp³-hybridized carbons (Fsp3) is 0.423. The van der Waals surface area contributed by atoms with Gasteiger partial charge in [0.25, 0.3) is 0 Å².